The summed E-state index contributed by atoms with van der Waals surface area (Å²) in [4.78, 5) is 13.6. The van der Waals surface area contributed by atoms with Crippen molar-refractivity contribution in [3.63, 3.8) is 0 Å². The molecular weight excluding hydrogens is 258 g/mol. The monoisotopic (exact) mass is 289 g/mol. The normalized spacial score (nSPS) is 11.6. The Balaban J connectivity index is 3.99. The van der Waals surface area contributed by atoms with E-state index in [0.717, 1.165) is 13.1 Å². The second-order valence-corrected chi connectivity index (χ2v) is 5.24. The quantitative estimate of drug-likeness (QED) is 0.515. The van der Waals surface area contributed by atoms with Crippen molar-refractivity contribution in [3.05, 3.63) is 0 Å². The van der Waals surface area contributed by atoms with Gasteiger partial charge in [0, 0.05) is 19.6 Å². The first-order valence-corrected chi connectivity index (χ1v) is 7.56. The number of hydrogen-bond donors (Lipinski definition) is 0. The van der Waals surface area contributed by atoms with Crippen LogP contribution in [0.3, 0.4) is 0 Å². The third-order valence-corrected chi connectivity index (χ3v) is 2.65. The second-order valence-electron chi connectivity index (χ2n) is 5.24. The molecule has 0 heterocycles. The highest BCUT2D eigenvalue weighted by Crippen LogP contribution is 1.98. The Hall–Kier alpha value is -0.650. The van der Waals surface area contributed by atoms with E-state index in [1.165, 1.54) is 0 Å². The van der Waals surface area contributed by atoms with E-state index in [4.69, 9.17) is 14.2 Å². The van der Waals surface area contributed by atoms with Crippen molar-refractivity contribution >= 4 is 5.97 Å². The number of carbonyl (C=O) groups is 1. The maximum atomic E-state index is 11.4. The van der Waals surface area contributed by atoms with Gasteiger partial charge in [-0.2, -0.15) is 0 Å². The van der Waals surface area contributed by atoms with Crippen LogP contribution in [0.25, 0.3) is 0 Å². The molecular formula is C15H31NO4. The summed E-state index contributed by atoms with van der Waals surface area (Å²) >= 11 is 0. The Bertz CT molecular complexity index is 230. The number of hydrogen-bond acceptors (Lipinski definition) is 5. The number of nitrogens with zero attached hydrogens (tertiary/aromatic N) is 1. The van der Waals surface area contributed by atoms with Crippen LogP contribution < -0.4 is 0 Å². The summed E-state index contributed by atoms with van der Waals surface area (Å²) in [6.45, 7) is 14.0. The molecule has 0 aromatic heterocycles. The molecule has 20 heavy (non-hydrogen) atoms. The second kappa shape index (κ2) is 12.1. The minimum absolute atomic E-state index is 0.146. The Labute approximate surface area is 123 Å². The highest BCUT2D eigenvalue weighted by atomic mass is 16.5. The van der Waals surface area contributed by atoms with E-state index in [-0.39, 0.29) is 18.2 Å². The van der Waals surface area contributed by atoms with Gasteiger partial charge in [-0.05, 0) is 34.6 Å². The van der Waals surface area contributed by atoms with E-state index in [1.54, 1.807) is 0 Å². The minimum atomic E-state index is -0.146. The van der Waals surface area contributed by atoms with Crippen LogP contribution in [0, 0.1) is 0 Å². The highest BCUT2D eigenvalue weighted by Gasteiger charge is 2.10. The van der Waals surface area contributed by atoms with E-state index in [9.17, 15) is 4.79 Å². The van der Waals surface area contributed by atoms with Crippen molar-refractivity contribution in [2.24, 2.45) is 0 Å². The lowest BCUT2D eigenvalue weighted by molar-refractivity contribution is -0.143. The minimum Gasteiger partial charge on any atom is -0.466 e. The lowest BCUT2D eigenvalue weighted by atomic mass is 10.3. The van der Waals surface area contributed by atoms with Gasteiger partial charge in [-0.1, -0.05) is 0 Å². The summed E-state index contributed by atoms with van der Waals surface area (Å²) in [6, 6.07) is 0. The Morgan fingerprint density at radius 3 is 1.85 bits per heavy atom. The molecule has 0 fully saturated rings. The van der Waals surface area contributed by atoms with Crippen molar-refractivity contribution in [2.75, 3.05) is 39.5 Å². The topological polar surface area (TPSA) is 48.0 Å². The van der Waals surface area contributed by atoms with Gasteiger partial charge in [-0.3, -0.25) is 9.69 Å². The van der Waals surface area contributed by atoms with E-state index >= 15 is 0 Å². The van der Waals surface area contributed by atoms with Crippen molar-refractivity contribution in [1.29, 1.82) is 0 Å². The van der Waals surface area contributed by atoms with Gasteiger partial charge in [0.2, 0.25) is 0 Å². The van der Waals surface area contributed by atoms with Crippen molar-refractivity contribution < 1.29 is 19.0 Å². The molecule has 0 radical (unpaired) electrons. The Morgan fingerprint density at radius 1 is 0.950 bits per heavy atom. The van der Waals surface area contributed by atoms with Gasteiger partial charge in [0.25, 0.3) is 0 Å². The first-order valence-electron chi connectivity index (χ1n) is 7.56. The molecule has 0 atom stereocenters. The van der Waals surface area contributed by atoms with Crippen LogP contribution in [-0.4, -0.2) is 62.5 Å². The zero-order chi connectivity index (χ0) is 15.4. The Morgan fingerprint density at radius 2 is 1.45 bits per heavy atom. The first-order chi connectivity index (χ1) is 9.45. The van der Waals surface area contributed by atoms with Crippen LogP contribution in [-0.2, 0) is 19.0 Å². The maximum Gasteiger partial charge on any atom is 0.307 e. The molecule has 0 saturated carbocycles. The van der Waals surface area contributed by atoms with Crippen molar-refractivity contribution in [3.8, 4) is 0 Å². The fourth-order valence-corrected chi connectivity index (χ4v) is 1.65. The standard InChI is InChI=1S/C15H31NO4/c1-6-18-15(17)7-8-16(9-11-19-13(2)3)10-12-20-14(4)5/h13-14H,6-12H2,1-5H3. The number of ether oxygens (including phenoxy) is 3. The molecule has 0 unspecified atom stereocenters. The smallest absolute Gasteiger partial charge is 0.307 e. The summed E-state index contributed by atoms with van der Waals surface area (Å²) in [5.74, 6) is -0.146. The van der Waals surface area contributed by atoms with Gasteiger partial charge in [0.15, 0.2) is 0 Å². The number of carbonyl (C=O) groups excluding carboxylic acids is 1. The molecule has 5 nitrogen and oxygen atoms in total. The van der Waals surface area contributed by atoms with Gasteiger partial charge in [0.05, 0.1) is 38.4 Å². The first kappa shape index (κ1) is 19.4. The van der Waals surface area contributed by atoms with Gasteiger partial charge < -0.3 is 14.2 Å². The van der Waals surface area contributed by atoms with Gasteiger partial charge in [0.1, 0.15) is 0 Å². The van der Waals surface area contributed by atoms with Crippen molar-refractivity contribution in [2.45, 2.75) is 53.2 Å². The van der Waals surface area contributed by atoms with Gasteiger partial charge in [-0.15, -0.1) is 0 Å². The SMILES string of the molecule is CCOC(=O)CCN(CCOC(C)C)CCOC(C)C. The molecule has 120 valence electrons. The predicted octanol–water partition coefficient (Wildman–Crippen LogP) is 2.09. The van der Waals surface area contributed by atoms with E-state index in [0.29, 0.717) is 32.8 Å². The maximum absolute atomic E-state index is 11.4. The molecule has 0 aliphatic rings. The molecule has 0 aromatic rings. The van der Waals surface area contributed by atoms with Crippen LogP contribution in [0.4, 0.5) is 0 Å². The van der Waals surface area contributed by atoms with E-state index in [1.807, 2.05) is 34.6 Å². The molecule has 0 bridgehead atoms. The Kier molecular flexibility index (Phi) is 11.7. The van der Waals surface area contributed by atoms with Crippen LogP contribution in [0.2, 0.25) is 0 Å². The average molecular weight is 289 g/mol. The molecule has 0 aliphatic carbocycles. The third kappa shape index (κ3) is 12.4. The molecule has 5 heteroatoms. The molecule has 0 N–H and O–H groups in total. The van der Waals surface area contributed by atoms with Crippen LogP contribution >= 0.6 is 0 Å². The summed E-state index contributed by atoms with van der Waals surface area (Å²) in [5.41, 5.74) is 0. The highest BCUT2D eigenvalue weighted by molar-refractivity contribution is 5.69. The van der Waals surface area contributed by atoms with Crippen LogP contribution in [0.5, 0.6) is 0 Å². The van der Waals surface area contributed by atoms with Crippen LogP contribution in [0.15, 0.2) is 0 Å². The number of esters is 1. The molecule has 0 spiro atoms. The van der Waals surface area contributed by atoms with Gasteiger partial charge >= 0.3 is 5.97 Å². The molecule has 0 rings (SSSR count). The summed E-state index contributed by atoms with van der Waals surface area (Å²) < 4.78 is 16.1. The molecule has 0 aromatic carbocycles. The molecule has 0 amide bonds. The lowest BCUT2D eigenvalue weighted by Crippen LogP contribution is -2.34. The molecule has 0 saturated heterocycles. The number of rotatable bonds is 12. The average Bonchev–Trinajstić information content (AvgIpc) is 2.34. The van der Waals surface area contributed by atoms with E-state index in [2.05, 4.69) is 4.90 Å². The third-order valence-electron chi connectivity index (χ3n) is 2.65. The van der Waals surface area contributed by atoms with E-state index < -0.39 is 0 Å². The van der Waals surface area contributed by atoms with Gasteiger partial charge in [-0.25, -0.2) is 0 Å². The zero-order valence-electron chi connectivity index (χ0n) is 13.7. The lowest BCUT2D eigenvalue weighted by Gasteiger charge is -2.23. The summed E-state index contributed by atoms with van der Waals surface area (Å²) in [7, 11) is 0. The summed E-state index contributed by atoms with van der Waals surface area (Å²) in [5, 5.41) is 0. The predicted molar refractivity (Wildman–Crippen MR) is 79.9 cm³/mol. The largest absolute Gasteiger partial charge is 0.466 e. The fourth-order valence-electron chi connectivity index (χ4n) is 1.65. The van der Waals surface area contributed by atoms with Crippen molar-refractivity contribution in [1.82, 2.24) is 4.90 Å². The van der Waals surface area contributed by atoms with Crippen LogP contribution in [0.1, 0.15) is 41.0 Å². The summed E-state index contributed by atoms with van der Waals surface area (Å²) in [6.07, 6.45) is 0.875. The zero-order valence-corrected chi connectivity index (χ0v) is 13.7. The molecule has 0 aliphatic heterocycles. The fraction of sp³-hybridized carbons (Fsp3) is 0.933.